The van der Waals surface area contributed by atoms with Crippen molar-refractivity contribution in [2.45, 2.75) is 19.5 Å². The van der Waals surface area contributed by atoms with Gasteiger partial charge in [-0.3, -0.25) is 4.90 Å². The molecule has 1 aliphatic carbocycles. The maximum absolute atomic E-state index is 4.50. The molecule has 1 aliphatic heterocycles. The number of rotatable bonds is 4. The Bertz CT molecular complexity index is 583. The van der Waals surface area contributed by atoms with Gasteiger partial charge in [-0.1, -0.05) is 30.3 Å². The molecular formula is C16H19N3S. The Morgan fingerprint density at radius 2 is 2.00 bits per heavy atom. The molecule has 0 bridgehead atoms. The van der Waals surface area contributed by atoms with Crippen LogP contribution in [0.4, 0.5) is 5.13 Å². The standard InChI is InChI=1S/C16H19N3S/c1-11-10-20-16(17-11)18-15-13-8-19(9-14(13)15)7-12-5-3-2-4-6-12/h2-6,10,13-15H,7-9H2,1H3,(H,17,18). The summed E-state index contributed by atoms with van der Waals surface area (Å²) in [6.45, 7) is 5.59. The lowest BCUT2D eigenvalue weighted by molar-refractivity contribution is 0.293. The van der Waals surface area contributed by atoms with Crippen LogP contribution in [0.3, 0.4) is 0 Å². The lowest BCUT2D eigenvalue weighted by atomic mass is 10.2. The van der Waals surface area contributed by atoms with Gasteiger partial charge in [0.25, 0.3) is 0 Å². The van der Waals surface area contributed by atoms with Gasteiger partial charge in [-0.05, 0) is 24.3 Å². The van der Waals surface area contributed by atoms with Crippen molar-refractivity contribution in [3.8, 4) is 0 Å². The molecule has 1 saturated heterocycles. The predicted octanol–water partition coefficient (Wildman–Crippen LogP) is 2.99. The summed E-state index contributed by atoms with van der Waals surface area (Å²) in [7, 11) is 0. The number of benzene rings is 1. The SMILES string of the molecule is Cc1csc(NC2C3CN(Cc4ccccc4)CC32)n1. The summed E-state index contributed by atoms with van der Waals surface area (Å²) in [5.41, 5.74) is 2.54. The molecule has 104 valence electrons. The first-order valence-electron chi connectivity index (χ1n) is 7.24. The fourth-order valence-electron chi connectivity index (χ4n) is 3.36. The van der Waals surface area contributed by atoms with Crippen molar-refractivity contribution in [2.75, 3.05) is 18.4 Å². The average Bonchev–Trinajstić information content (AvgIpc) is 2.82. The number of likely N-dealkylation sites (tertiary alicyclic amines) is 1. The number of thiazole rings is 1. The molecule has 2 unspecified atom stereocenters. The van der Waals surface area contributed by atoms with E-state index in [1.54, 1.807) is 11.3 Å². The molecule has 2 heterocycles. The van der Waals surface area contributed by atoms with E-state index in [1.807, 2.05) is 0 Å². The van der Waals surface area contributed by atoms with Crippen molar-refractivity contribution in [1.82, 2.24) is 9.88 Å². The molecule has 1 saturated carbocycles. The van der Waals surface area contributed by atoms with Gasteiger partial charge < -0.3 is 5.32 Å². The van der Waals surface area contributed by atoms with E-state index in [1.165, 1.54) is 18.7 Å². The van der Waals surface area contributed by atoms with Crippen LogP contribution in [0, 0.1) is 18.8 Å². The van der Waals surface area contributed by atoms with Crippen LogP contribution in [0.25, 0.3) is 0 Å². The molecule has 2 fully saturated rings. The van der Waals surface area contributed by atoms with Gasteiger partial charge in [0.2, 0.25) is 0 Å². The monoisotopic (exact) mass is 285 g/mol. The quantitative estimate of drug-likeness (QED) is 0.936. The van der Waals surface area contributed by atoms with E-state index in [4.69, 9.17) is 0 Å². The van der Waals surface area contributed by atoms with Crippen LogP contribution in [0.15, 0.2) is 35.7 Å². The van der Waals surface area contributed by atoms with Crippen LogP contribution >= 0.6 is 11.3 Å². The zero-order valence-electron chi connectivity index (χ0n) is 11.6. The smallest absolute Gasteiger partial charge is 0.183 e. The number of aryl methyl sites for hydroxylation is 1. The molecule has 1 N–H and O–H groups in total. The van der Waals surface area contributed by atoms with Gasteiger partial charge >= 0.3 is 0 Å². The lowest BCUT2D eigenvalue weighted by Gasteiger charge is -2.19. The Morgan fingerprint density at radius 3 is 2.65 bits per heavy atom. The zero-order valence-corrected chi connectivity index (χ0v) is 12.4. The third-order valence-electron chi connectivity index (χ3n) is 4.43. The van der Waals surface area contributed by atoms with E-state index < -0.39 is 0 Å². The van der Waals surface area contributed by atoms with Crippen molar-refractivity contribution in [3.63, 3.8) is 0 Å². The summed E-state index contributed by atoms with van der Waals surface area (Å²) < 4.78 is 0. The first kappa shape index (κ1) is 12.4. The van der Waals surface area contributed by atoms with Gasteiger partial charge in [0.05, 0.1) is 5.69 Å². The van der Waals surface area contributed by atoms with E-state index in [-0.39, 0.29) is 0 Å². The Morgan fingerprint density at radius 1 is 1.25 bits per heavy atom. The number of piperidine rings is 1. The number of nitrogens with one attached hydrogen (secondary N) is 1. The van der Waals surface area contributed by atoms with Crippen LogP contribution in [0.1, 0.15) is 11.3 Å². The van der Waals surface area contributed by atoms with Crippen molar-refractivity contribution in [2.24, 2.45) is 11.8 Å². The molecule has 1 aromatic heterocycles. The molecule has 2 aromatic rings. The molecule has 20 heavy (non-hydrogen) atoms. The largest absolute Gasteiger partial charge is 0.358 e. The molecule has 4 rings (SSSR count). The van der Waals surface area contributed by atoms with Crippen molar-refractivity contribution < 1.29 is 0 Å². The van der Waals surface area contributed by atoms with Gasteiger partial charge in [-0.15, -0.1) is 11.3 Å². The van der Waals surface area contributed by atoms with E-state index in [2.05, 4.69) is 57.8 Å². The van der Waals surface area contributed by atoms with Crippen LogP contribution < -0.4 is 5.32 Å². The third kappa shape index (κ3) is 2.34. The molecule has 0 radical (unpaired) electrons. The summed E-state index contributed by atoms with van der Waals surface area (Å²) >= 11 is 1.72. The normalized spacial score (nSPS) is 28.4. The second-order valence-corrected chi connectivity index (χ2v) is 6.83. The molecule has 3 nitrogen and oxygen atoms in total. The number of anilines is 1. The predicted molar refractivity (Wildman–Crippen MR) is 83.0 cm³/mol. The topological polar surface area (TPSA) is 28.2 Å². The van der Waals surface area contributed by atoms with Crippen LogP contribution in [0.2, 0.25) is 0 Å². The molecule has 0 amide bonds. The van der Waals surface area contributed by atoms with Crippen molar-refractivity contribution in [1.29, 1.82) is 0 Å². The highest BCUT2D eigenvalue weighted by atomic mass is 32.1. The maximum atomic E-state index is 4.50. The highest BCUT2D eigenvalue weighted by Crippen LogP contribution is 2.47. The van der Waals surface area contributed by atoms with Crippen LogP contribution in [-0.2, 0) is 6.54 Å². The number of hydrogen-bond donors (Lipinski definition) is 1. The summed E-state index contributed by atoms with van der Waals surface area (Å²) in [6.07, 6.45) is 0. The van der Waals surface area contributed by atoms with Crippen molar-refractivity contribution in [3.05, 3.63) is 47.0 Å². The van der Waals surface area contributed by atoms with E-state index in [9.17, 15) is 0 Å². The minimum absolute atomic E-state index is 0.660. The van der Waals surface area contributed by atoms with E-state index in [0.29, 0.717) is 6.04 Å². The number of fused-ring (bicyclic) bond motifs is 1. The number of hydrogen-bond acceptors (Lipinski definition) is 4. The molecule has 2 atom stereocenters. The highest BCUT2D eigenvalue weighted by Gasteiger charge is 2.55. The fourth-order valence-corrected chi connectivity index (χ4v) is 4.10. The first-order valence-corrected chi connectivity index (χ1v) is 8.12. The molecule has 0 spiro atoms. The number of aromatic nitrogens is 1. The maximum Gasteiger partial charge on any atom is 0.183 e. The second-order valence-electron chi connectivity index (χ2n) is 5.97. The van der Waals surface area contributed by atoms with Gasteiger partial charge in [0.15, 0.2) is 5.13 Å². The Labute approximate surface area is 123 Å². The highest BCUT2D eigenvalue weighted by molar-refractivity contribution is 7.13. The average molecular weight is 285 g/mol. The zero-order chi connectivity index (χ0) is 13.5. The second kappa shape index (κ2) is 4.86. The first-order chi connectivity index (χ1) is 9.79. The minimum Gasteiger partial charge on any atom is -0.358 e. The van der Waals surface area contributed by atoms with Crippen molar-refractivity contribution >= 4 is 16.5 Å². The molecule has 4 heteroatoms. The van der Waals surface area contributed by atoms with Gasteiger partial charge in [0.1, 0.15) is 0 Å². The van der Waals surface area contributed by atoms with Gasteiger partial charge in [0, 0.05) is 31.1 Å². The minimum atomic E-state index is 0.660. The summed E-state index contributed by atoms with van der Waals surface area (Å²) in [4.78, 5) is 7.08. The van der Waals surface area contributed by atoms with E-state index >= 15 is 0 Å². The van der Waals surface area contributed by atoms with E-state index in [0.717, 1.165) is 29.2 Å². The number of nitrogens with zero attached hydrogens (tertiary/aromatic N) is 2. The Balaban J connectivity index is 1.31. The van der Waals surface area contributed by atoms with Crippen LogP contribution in [0.5, 0.6) is 0 Å². The fraction of sp³-hybridized carbons (Fsp3) is 0.438. The van der Waals surface area contributed by atoms with Crippen LogP contribution in [-0.4, -0.2) is 29.0 Å². The third-order valence-corrected chi connectivity index (χ3v) is 5.32. The molecular weight excluding hydrogens is 266 g/mol. The summed E-state index contributed by atoms with van der Waals surface area (Å²) in [5, 5.41) is 6.81. The van der Waals surface area contributed by atoms with Gasteiger partial charge in [-0.2, -0.15) is 0 Å². The Hall–Kier alpha value is -1.39. The lowest BCUT2D eigenvalue weighted by Crippen LogP contribution is -2.27. The molecule has 2 aliphatic rings. The summed E-state index contributed by atoms with van der Waals surface area (Å²) in [6, 6.07) is 11.4. The molecule has 1 aromatic carbocycles. The summed E-state index contributed by atoms with van der Waals surface area (Å²) in [5.74, 6) is 1.64. The van der Waals surface area contributed by atoms with Gasteiger partial charge in [-0.25, -0.2) is 4.98 Å². The Kier molecular flexibility index (Phi) is 3.00.